The molecule has 0 saturated carbocycles. The molecule has 0 spiro atoms. The van der Waals surface area contributed by atoms with Gasteiger partial charge in [0.15, 0.2) is 0 Å². The molecule has 1 aliphatic rings. The van der Waals surface area contributed by atoms with Gasteiger partial charge in [0.2, 0.25) is 10.0 Å². The Morgan fingerprint density at radius 1 is 1.19 bits per heavy atom. The Labute approximate surface area is 164 Å². The Kier molecular flexibility index (Phi) is 6.24. The van der Waals surface area contributed by atoms with Crippen LogP contribution in [0.15, 0.2) is 59.5 Å². The molecule has 2 atom stereocenters. The van der Waals surface area contributed by atoms with E-state index in [1.807, 2.05) is 37.3 Å². The average molecular weight is 406 g/mol. The van der Waals surface area contributed by atoms with Crippen molar-refractivity contribution in [3.63, 3.8) is 0 Å². The molecule has 0 aromatic heterocycles. The summed E-state index contributed by atoms with van der Waals surface area (Å²) in [7, 11) is -3.70. The molecule has 2 aromatic carbocycles. The summed E-state index contributed by atoms with van der Waals surface area (Å²) >= 11 is 1.48. The van der Waals surface area contributed by atoms with Crippen LogP contribution in [0.4, 0.5) is 0 Å². The molecule has 144 valence electrons. The molecule has 27 heavy (non-hydrogen) atoms. The van der Waals surface area contributed by atoms with Crippen LogP contribution in [0.3, 0.4) is 0 Å². The number of carbonyl (C=O) groups excluding carboxylic acids is 1. The second-order valence-electron chi connectivity index (χ2n) is 6.33. The molecule has 7 heteroatoms. The zero-order valence-electron chi connectivity index (χ0n) is 15.4. The van der Waals surface area contributed by atoms with Gasteiger partial charge in [0.25, 0.3) is 0 Å². The summed E-state index contributed by atoms with van der Waals surface area (Å²) < 4.78 is 33.2. The molecule has 1 aliphatic heterocycles. The first-order valence-corrected chi connectivity index (χ1v) is 11.4. The summed E-state index contributed by atoms with van der Waals surface area (Å²) in [5.74, 6) is -0.426. The van der Waals surface area contributed by atoms with Crippen molar-refractivity contribution in [3.05, 3.63) is 65.7 Å². The van der Waals surface area contributed by atoms with Crippen LogP contribution < -0.4 is 0 Å². The predicted octanol–water partition coefficient (Wildman–Crippen LogP) is 3.41. The van der Waals surface area contributed by atoms with E-state index in [9.17, 15) is 13.2 Å². The highest BCUT2D eigenvalue weighted by molar-refractivity contribution is 8.01. The quantitative estimate of drug-likeness (QED) is 0.689. The Morgan fingerprint density at radius 2 is 1.85 bits per heavy atom. The average Bonchev–Trinajstić information content (AvgIpc) is 3.13. The maximum Gasteiger partial charge on any atom is 0.315 e. The van der Waals surface area contributed by atoms with Gasteiger partial charge < -0.3 is 4.74 Å². The molecule has 1 heterocycles. The van der Waals surface area contributed by atoms with Crippen molar-refractivity contribution in [1.82, 2.24) is 4.31 Å². The fourth-order valence-electron chi connectivity index (χ4n) is 3.15. The van der Waals surface area contributed by atoms with Crippen molar-refractivity contribution in [2.24, 2.45) is 0 Å². The van der Waals surface area contributed by atoms with Crippen LogP contribution in [0.5, 0.6) is 0 Å². The third-order valence-electron chi connectivity index (χ3n) is 4.50. The Hall–Kier alpha value is -1.83. The number of esters is 1. The van der Waals surface area contributed by atoms with Crippen LogP contribution in [0.1, 0.15) is 24.0 Å². The minimum atomic E-state index is -3.70. The second kappa shape index (κ2) is 8.46. The zero-order valence-corrected chi connectivity index (χ0v) is 17.0. The van der Waals surface area contributed by atoms with Crippen LogP contribution in [-0.4, -0.2) is 43.0 Å². The smallest absolute Gasteiger partial charge is 0.315 e. The van der Waals surface area contributed by atoms with E-state index in [0.717, 1.165) is 11.1 Å². The fourth-order valence-corrected chi connectivity index (χ4v) is 6.54. The van der Waals surface area contributed by atoms with Crippen molar-refractivity contribution in [1.29, 1.82) is 0 Å². The van der Waals surface area contributed by atoms with E-state index in [-0.39, 0.29) is 11.5 Å². The molecule has 0 bridgehead atoms. The number of ether oxygens (including phenoxy) is 1. The number of hydrogen-bond donors (Lipinski definition) is 0. The normalized spacial score (nSPS) is 19.0. The summed E-state index contributed by atoms with van der Waals surface area (Å²) in [5, 5.41) is -0.530. The largest absolute Gasteiger partial charge is 0.465 e. The molecule has 0 unspecified atom stereocenters. The number of carbonyl (C=O) groups is 1. The third kappa shape index (κ3) is 4.20. The fraction of sp³-hybridized carbons (Fsp3) is 0.350. The van der Waals surface area contributed by atoms with E-state index in [0.29, 0.717) is 12.3 Å². The number of thioether (sulfide) groups is 1. The SMILES string of the molecule is CCOC(=O)[C@@H](c1ccccc1)[C@H]1SCCN1S(=O)(=O)c1ccc(C)cc1. The van der Waals surface area contributed by atoms with Gasteiger partial charge in [0, 0.05) is 12.3 Å². The maximum atomic E-state index is 13.2. The van der Waals surface area contributed by atoms with Crippen LogP contribution in [-0.2, 0) is 19.6 Å². The van der Waals surface area contributed by atoms with Gasteiger partial charge in [-0.25, -0.2) is 8.42 Å². The van der Waals surface area contributed by atoms with Crippen molar-refractivity contribution < 1.29 is 17.9 Å². The minimum Gasteiger partial charge on any atom is -0.465 e. The summed E-state index contributed by atoms with van der Waals surface area (Å²) in [6, 6.07) is 16.1. The van der Waals surface area contributed by atoms with E-state index in [2.05, 4.69) is 0 Å². The summed E-state index contributed by atoms with van der Waals surface area (Å²) in [4.78, 5) is 13.0. The first kappa shape index (κ1) is 19.9. The predicted molar refractivity (Wildman–Crippen MR) is 107 cm³/mol. The van der Waals surface area contributed by atoms with Crippen LogP contribution in [0.2, 0.25) is 0 Å². The van der Waals surface area contributed by atoms with Gasteiger partial charge >= 0.3 is 5.97 Å². The van der Waals surface area contributed by atoms with Gasteiger partial charge in [0.05, 0.1) is 16.9 Å². The Balaban J connectivity index is 1.99. The summed E-state index contributed by atoms with van der Waals surface area (Å²) in [5.41, 5.74) is 1.76. The Bertz CT molecular complexity index is 882. The van der Waals surface area contributed by atoms with Crippen LogP contribution in [0.25, 0.3) is 0 Å². The van der Waals surface area contributed by atoms with Crippen molar-refractivity contribution >= 4 is 27.8 Å². The highest BCUT2D eigenvalue weighted by atomic mass is 32.2. The van der Waals surface area contributed by atoms with Gasteiger partial charge in [-0.05, 0) is 31.5 Å². The van der Waals surface area contributed by atoms with E-state index in [1.165, 1.54) is 16.1 Å². The van der Waals surface area contributed by atoms with Gasteiger partial charge in [-0.3, -0.25) is 4.79 Å². The lowest BCUT2D eigenvalue weighted by Crippen LogP contribution is -2.41. The summed E-state index contributed by atoms with van der Waals surface area (Å²) in [6.07, 6.45) is 0. The van der Waals surface area contributed by atoms with Crippen molar-refractivity contribution in [3.8, 4) is 0 Å². The van der Waals surface area contributed by atoms with Crippen molar-refractivity contribution in [2.75, 3.05) is 18.9 Å². The number of sulfonamides is 1. The molecular formula is C20H23NO4S2. The molecule has 1 fully saturated rings. The lowest BCUT2D eigenvalue weighted by molar-refractivity contribution is -0.145. The van der Waals surface area contributed by atoms with E-state index >= 15 is 0 Å². The molecule has 0 N–H and O–H groups in total. The van der Waals surface area contributed by atoms with Crippen LogP contribution >= 0.6 is 11.8 Å². The maximum absolute atomic E-state index is 13.2. The molecular weight excluding hydrogens is 382 g/mol. The van der Waals surface area contributed by atoms with Gasteiger partial charge in [-0.1, -0.05) is 48.0 Å². The molecule has 2 aromatic rings. The molecule has 0 radical (unpaired) electrons. The molecule has 3 rings (SSSR count). The standard InChI is InChI=1S/C20H23NO4S2/c1-3-25-20(22)18(16-7-5-4-6-8-16)19-21(13-14-26-19)27(23,24)17-11-9-15(2)10-12-17/h4-12,18-19H,3,13-14H2,1-2H3/t18-,19+/m0/s1. The summed E-state index contributed by atoms with van der Waals surface area (Å²) in [6.45, 7) is 4.29. The van der Waals surface area contributed by atoms with Gasteiger partial charge in [-0.15, -0.1) is 11.8 Å². The van der Waals surface area contributed by atoms with Crippen molar-refractivity contribution in [2.45, 2.75) is 30.0 Å². The topological polar surface area (TPSA) is 63.7 Å². The van der Waals surface area contributed by atoms with E-state index in [4.69, 9.17) is 4.74 Å². The number of hydrogen-bond acceptors (Lipinski definition) is 5. The first-order valence-electron chi connectivity index (χ1n) is 8.87. The highest BCUT2D eigenvalue weighted by Gasteiger charge is 2.44. The second-order valence-corrected chi connectivity index (χ2v) is 9.45. The first-order chi connectivity index (χ1) is 12.9. The lowest BCUT2D eigenvalue weighted by Gasteiger charge is -2.29. The number of rotatable bonds is 6. The number of aryl methyl sites for hydroxylation is 1. The molecule has 0 amide bonds. The molecule has 1 saturated heterocycles. The number of benzene rings is 2. The minimum absolute atomic E-state index is 0.247. The van der Waals surface area contributed by atoms with Gasteiger partial charge in [-0.2, -0.15) is 4.31 Å². The Morgan fingerprint density at radius 3 is 2.48 bits per heavy atom. The van der Waals surface area contributed by atoms with Gasteiger partial charge in [0.1, 0.15) is 5.92 Å². The third-order valence-corrected chi connectivity index (χ3v) is 7.81. The number of nitrogens with zero attached hydrogens (tertiary/aromatic N) is 1. The monoisotopic (exact) mass is 405 g/mol. The molecule has 0 aliphatic carbocycles. The van der Waals surface area contributed by atoms with Crippen LogP contribution in [0, 0.1) is 6.92 Å². The molecule has 5 nitrogen and oxygen atoms in total. The van der Waals surface area contributed by atoms with E-state index < -0.39 is 27.3 Å². The zero-order chi connectivity index (χ0) is 19.4. The van der Waals surface area contributed by atoms with E-state index in [1.54, 1.807) is 31.2 Å². The lowest BCUT2D eigenvalue weighted by atomic mass is 9.99. The highest BCUT2D eigenvalue weighted by Crippen LogP contribution is 2.39.